The van der Waals surface area contributed by atoms with E-state index >= 15 is 0 Å². The number of benzene rings is 1. The molecule has 0 saturated carbocycles. The first-order valence-corrected chi connectivity index (χ1v) is 4.05. The zero-order chi connectivity index (χ0) is 10.0. The van der Waals surface area contributed by atoms with Crippen LogP contribution >= 0.6 is 0 Å². The molecule has 4 nitrogen and oxygen atoms in total. The number of para-hydroxylation sites is 1. The van der Waals surface area contributed by atoms with Gasteiger partial charge in [0.2, 0.25) is 0 Å². The first-order valence-electron chi connectivity index (χ1n) is 4.05. The summed E-state index contributed by atoms with van der Waals surface area (Å²) >= 11 is 0. The van der Waals surface area contributed by atoms with Crippen LogP contribution in [-0.2, 0) is 0 Å². The van der Waals surface area contributed by atoms with Crippen LogP contribution in [-0.4, -0.2) is 16.3 Å². The molecule has 13 heavy (non-hydrogen) atoms. The largest absolute Gasteiger partial charge is 0.505 e. The third-order valence-electron chi connectivity index (χ3n) is 1.98. The standard InChI is InChI=1S/C9H14N2O2/c1-5(12)8(11)6-3-2-4-7(10)9(6)13/h2-5,8,12-13H,10-11H2,1H3. The van der Waals surface area contributed by atoms with Crippen molar-refractivity contribution in [2.75, 3.05) is 5.73 Å². The molecule has 1 aromatic carbocycles. The summed E-state index contributed by atoms with van der Waals surface area (Å²) in [6.07, 6.45) is -0.715. The Hall–Kier alpha value is -1.26. The van der Waals surface area contributed by atoms with Crippen LogP contribution in [0, 0.1) is 0 Å². The fourth-order valence-electron chi connectivity index (χ4n) is 1.11. The number of aliphatic hydroxyl groups is 1. The van der Waals surface area contributed by atoms with E-state index < -0.39 is 12.1 Å². The van der Waals surface area contributed by atoms with Gasteiger partial charge in [-0.3, -0.25) is 0 Å². The van der Waals surface area contributed by atoms with Crippen LogP contribution in [0.25, 0.3) is 0 Å². The Labute approximate surface area is 76.8 Å². The predicted molar refractivity (Wildman–Crippen MR) is 51.1 cm³/mol. The van der Waals surface area contributed by atoms with Gasteiger partial charge in [0.1, 0.15) is 5.75 Å². The highest BCUT2D eigenvalue weighted by Gasteiger charge is 2.16. The van der Waals surface area contributed by atoms with E-state index in [0.29, 0.717) is 5.56 Å². The van der Waals surface area contributed by atoms with E-state index in [0.717, 1.165) is 0 Å². The highest BCUT2D eigenvalue weighted by Crippen LogP contribution is 2.29. The molecule has 1 rings (SSSR count). The van der Waals surface area contributed by atoms with Crippen LogP contribution in [0.4, 0.5) is 5.69 Å². The lowest BCUT2D eigenvalue weighted by atomic mass is 10.0. The smallest absolute Gasteiger partial charge is 0.143 e. The van der Waals surface area contributed by atoms with Crippen LogP contribution in [0.2, 0.25) is 0 Å². The zero-order valence-corrected chi connectivity index (χ0v) is 7.44. The van der Waals surface area contributed by atoms with Crippen molar-refractivity contribution < 1.29 is 10.2 Å². The molecule has 2 atom stereocenters. The van der Waals surface area contributed by atoms with E-state index in [2.05, 4.69) is 0 Å². The average molecular weight is 182 g/mol. The highest BCUT2D eigenvalue weighted by molar-refractivity contribution is 5.56. The third kappa shape index (κ3) is 1.91. The first-order chi connectivity index (χ1) is 6.04. The van der Waals surface area contributed by atoms with Gasteiger partial charge in [0.25, 0.3) is 0 Å². The predicted octanol–water partition coefficient (Wildman–Crippen LogP) is 0.355. The number of phenolic OH excluding ortho intramolecular Hbond substituents is 1. The minimum Gasteiger partial charge on any atom is -0.505 e. The maximum absolute atomic E-state index is 9.50. The van der Waals surface area contributed by atoms with E-state index in [-0.39, 0.29) is 11.4 Å². The van der Waals surface area contributed by atoms with E-state index in [1.807, 2.05) is 0 Å². The highest BCUT2D eigenvalue weighted by atomic mass is 16.3. The van der Waals surface area contributed by atoms with Gasteiger partial charge < -0.3 is 21.7 Å². The summed E-state index contributed by atoms with van der Waals surface area (Å²) in [5.41, 5.74) is 11.9. The van der Waals surface area contributed by atoms with Crippen molar-refractivity contribution in [3.63, 3.8) is 0 Å². The molecule has 6 N–H and O–H groups in total. The maximum Gasteiger partial charge on any atom is 0.143 e. The Morgan fingerprint density at radius 2 is 2.00 bits per heavy atom. The molecule has 0 aliphatic rings. The number of aromatic hydroxyl groups is 1. The molecule has 2 unspecified atom stereocenters. The molecule has 0 spiro atoms. The molecule has 0 aliphatic heterocycles. The Balaban J connectivity index is 3.07. The van der Waals surface area contributed by atoms with Gasteiger partial charge >= 0.3 is 0 Å². The molecule has 0 heterocycles. The molecule has 0 bridgehead atoms. The van der Waals surface area contributed by atoms with Gasteiger partial charge in [0.15, 0.2) is 0 Å². The normalized spacial score (nSPS) is 15.3. The lowest BCUT2D eigenvalue weighted by molar-refractivity contribution is 0.163. The van der Waals surface area contributed by atoms with Gasteiger partial charge in [-0.25, -0.2) is 0 Å². The minimum atomic E-state index is -0.715. The number of rotatable bonds is 2. The monoisotopic (exact) mass is 182 g/mol. The number of nitrogen functional groups attached to an aromatic ring is 1. The topological polar surface area (TPSA) is 92.5 Å². The van der Waals surface area contributed by atoms with Crippen molar-refractivity contribution in [2.24, 2.45) is 5.73 Å². The summed E-state index contributed by atoms with van der Waals surface area (Å²) in [6.45, 7) is 1.56. The van der Waals surface area contributed by atoms with Crippen LogP contribution < -0.4 is 11.5 Å². The number of hydrogen-bond donors (Lipinski definition) is 4. The second-order valence-electron chi connectivity index (χ2n) is 3.05. The Morgan fingerprint density at radius 3 is 2.54 bits per heavy atom. The molecule has 0 fully saturated rings. The van der Waals surface area contributed by atoms with Crippen LogP contribution in [0.1, 0.15) is 18.5 Å². The number of phenols is 1. The summed E-state index contributed by atoms with van der Waals surface area (Å²) in [7, 11) is 0. The molecule has 0 radical (unpaired) electrons. The second kappa shape index (κ2) is 3.64. The minimum absolute atomic E-state index is 0.0455. The van der Waals surface area contributed by atoms with Crippen molar-refractivity contribution in [3.8, 4) is 5.75 Å². The average Bonchev–Trinajstić information content (AvgIpc) is 2.08. The zero-order valence-electron chi connectivity index (χ0n) is 7.44. The number of aliphatic hydroxyl groups excluding tert-OH is 1. The second-order valence-corrected chi connectivity index (χ2v) is 3.05. The van der Waals surface area contributed by atoms with Crippen molar-refractivity contribution in [2.45, 2.75) is 19.1 Å². The molecule has 1 aromatic rings. The molecular formula is C9H14N2O2. The Morgan fingerprint density at radius 1 is 1.38 bits per heavy atom. The van der Waals surface area contributed by atoms with Crippen molar-refractivity contribution in [3.05, 3.63) is 23.8 Å². The summed E-state index contributed by atoms with van der Waals surface area (Å²) in [5, 5.41) is 18.7. The summed E-state index contributed by atoms with van der Waals surface area (Å²) in [6, 6.07) is 4.30. The van der Waals surface area contributed by atoms with Gasteiger partial charge in [-0.05, 0) is 13.0 Å². The molecule has 4 heteroatoms. The quantitative estimate of drug-likeness (QED) is 0.392. The van der Waals surface area contributed by atoms with E-state index in [1.165, 1.54) is 0 Å². The van der Waals surface area contributed by atoms with Crippen LogP contribution in [0.3, 0.4) is 0 Å². The Bertz CT molecular complexity index is 300. The fourth-order valence-corrected chi connectivity index (χ4v) is 1.11. The summed E-state index contributed by atoms with van der Waals surface area (Å²) in [4.78, 5) is 0. The number of hydrogen-bond acceptors (Lipinski definition) is 4. The van der Waals surface area contributed by atoms with Gasteiger partial charge in [0.05, 0.1) is 17.8 Å². The number of anilines is 1. The lowest BCUT2D eigenvalue weighted by Gasteiger charge is -2.16. The van der Waals surface area contributed by atoms with Crippen LogP contribution in [0.15, 0.2) is 18.2 Å². The van der Waals surface area contributed by atoms with Gasteiger partial charge in [-0.15, -0.1) is 0 Å². The lowest BCUT2D eigenvalue weighted by Crippen LogP contribution is -2.23. The van der Waals surface area contributed by atoms with E-state index in [9.17, 15) is 10.2 Å². The van der Waals surface area contributed by atoms with Crippen molar-refractivity contribution >= 4 is 5.69 Å². The maximum atomic E-state index is 9.50. The molecule has 0 amide bonds. The molecule has 0 saturated heterocycles. The number of nitrogens with two attached hydrogens (primary N) is 2. The van der Waals surface area contributed by atoms with Crippen molar-refractivity contribution in [1.82, 2.24) is 0 Å². The molecule has 72 valence electrons. The Kier molecular flexibility index (Phi) is 2.75. The summed E-state index contributed by atoms with van der Waals surface area (Å²) < 4.78 is 0. The third-order valence-corrected chi connectivity index (χ3v) is 1.98. The first kappa shape index (κ1) is 9.83. The summed E-state index contributed by atoms with van der Waals surface area (Å²) in [5.74, 6) is -0.0455. The van der Waals surface area contributed by atoms with Crippen molar-refractivity contribution in [1.29, 1.82) is 0 Å². The fraction of sp³-hybridized carbons (Fsp3) is 0.333. The SMILES string of the molecule is CC(O)C(N)c1cccc(N)c1O. The van der Waals surface area contributed by atoms with Gasteiger partial charge in [-0.2, -0.15) is 0 Å². The molecule has 0 aliphatic carbocycles. The van der Waals surface area contributed by atoms with Crippen LogP contribution in [0.5, 0.6) is 5.75 Å². The van der Waals surface area contributed by atoms with E-state index in [4.69, 9.17) is 11.5 Å². The molecular weight excluding hydrogens is 168 g/mol. The van der Waals surface area contributed by atoms with Gasteiger partial charge in [-0.1, -0.05) is 12.1 Å². The van der Waals surface area contributed by atoms with Gasteiger partial charge in [0, 0.05) is 5.56 Å². The van der Waals surface area contributed by atoms with E-state index in [1.54, 1.807) is 25.1 Å². The molecule has 0 aromatic heterocycles.